The Morgan fingerprint density at radius 1 is 1.29 bits per heavy atom. The third-order valence-electron chi connectivity index (χ3n) is 2.21. The van der Waals surface area contributed by atoms with Crippen LogP contribution in [-0.4, -0.2) is 11.3 Å². The summed E-state index contributed by atoms with van der Waals surface area (Å²) in [6, 6.07) is 9.16. The number of halogens is 3. The first-order valence-corrected chi connectivity index (χ1v) is 6.94. The monoisotopic (exact) mass is 421 g/mol. The number of hydrogen-bond donors (Lipinski definition) is 0. The van der Waals surface area contributed by atoms with Gasteiger partial charge in [-0.25, -0.2) is 4.98 Å². The average molecular weight is 422 g/mol. The Morgan fingerprint density at radius 3 is 2.76 bits per heavy atom. The summed E-state index contributed by atoms with van der Waals surface area (Å²) in [6.45, 7) is 0. The van der Waals surface area contributed by atoms with Crippen molar-refractivity contribution in [3.63, 3.8) is 0 Å². The maximum absolute atomic E-state index is 10.9. The summed E-state index contributed by atoms with van der Waals surface area (Å²) in [4.78, 5) is 15.2. The number of aromatic nitrogens is 1. The van der Waals surface area contributed by atoms with Crippen molar-refractivity contribution in [1.29, 1.82) is 0 Å². The van der Waals surface area contributed by atoms with Gasteiger partial charge in [-0.15, -0.1) is 0 Å². The molecule has 0 fully saturated rings. The van der Waals surface area contributed by atoms with Crippen LogP contribution in [0.15, 0.2) is 34.8 Å². The predicted octanol–water partition coefficient (Wildman–Crippen LogP) is 4.58. The molecule has 17 heavy (non-hydrogen) atoms. The Balaban J connectivity index is 2.60. The topological polar surface area (TPSA) is 30.0 Å². The number of hydrogen-bond acceptors (Lipinski definition) is 2. The molecule has 1 aromatic carbocycles. The highest BCUT2D eigenvalue weighted by Gasteiger charge is 2.08. The van der Waals surface area contributed by atoms with Crippen molar-refractivity contribution < 1.29 is 4.79 Å². The molecular formula is C12H6BrClINO. The maximum atomic E-state index is 10.9. The summed E-state index contributed by atoms with van der Waals surface area (Å²) in [5.41, 5.74) is 2.26. The van der Waals surface area contributed by atoms with E-state index >= 15 is 0 Å². The molecule has 0 aliphatic rings. The molecule has 0 saturated heterocycles. The van der Waals surface area contributed by atoms with Crippen LogP contribution in [0.1, 0.15) is 10.4 Å². The second kappa shape index (κ2) is 5.46. The first-order chi connectivity index (χ1) is 8.11. The summed E-state index contributed by atoms with van der Waals surface area (Å²) in [6.07, 6.45) is 0.811. The van der Waals surface area contributed by atoms with Crippen molar-refractivity contribution in [1.82, 2.24) is 4.98 Å². The minimum absolute atomic E-state index is 0.441. The van der Waals surface area contributed by atoms with Gasteiger partial charge in [0.05, 0.1) is 5.69 Å². The second-order valence-electron chi connectivity index (χ2n) is 3.32. The van der Waals surface area contributed by atoms with Gasteiger partial charge in [0.25, 0.3) is 0 Å². The van der Waals surface area contributed by atoms with Gasteiger partial charge in [0, 0.05) is 19.2 Å². The molecule has 2 aromatic rings. The minimum Gasteiger partial charge on any atom is -0.298 e. The first-order valence-electron chi connectivity index (χ1n) is 4.69. The van der Waals surface area contributed by atoms with Crippen molar-refractivity contribution in [3.8, 4) is 11.3 Å². The normalized spacial score (nSPS) is 10.3. The molecular weight excluding hydrogens is 416 g/mol. The molecule has 0 saturated carbocycles. The zero-order chi connectivity index (χ0) is 12.4. The molecule has 0 spiro atoms. The third kappa shape index (κ3) is 2.86. The quantitative estimate of drug-likeness (QED) is 0.403. The second-order valence-corrected chi connectivity index (χ2v) is 5.72. The van der Waals surface area contributed by atoms with Gasteiger partial charge in [-0.3, -0.25) is 4.79 Å². The van der Waals surface area contributed by atoms with Crippen molar-refractivity contribution in [3.05, 3.63) is 49.1 Å². The molecule has 0 aliphatic carbocycles. The van der Waals surface area contributed by atoms with E-state index in [1.165, 1.54) is 0 Å². The fraction of sp³-hybridized carbons (Fsp3) is 0. The zero-order valence-electron chi connectivity index (χ0n) is 8.45. The smallest absolute Gasteiger partial charge is 0.151 e. The number of nitrogens with zero attached hydrogens (tertiary/aromatic N) is 1. The highest BCUT2D eigenvalue weighted by molar-refractivity contribution is 14.1. The van der Waals surface area contributed by atoms with E-state index in [9.17, 15) is 4.79 Å². The molecule has 1 heterocycles. The van der Waals surface area contributed by atoms with Gasteiger partial charge in [0.15, 0.2) is 6.29 Å². The number of carbonyl (C=O) groups excluding carboxylic acids is 1. The Morgan fingerprint density at radius 2 is 2.06 bits per heavy atom. The number of aldehydes is 1. The molecule has 5 heteroatoms. The Kier molecular flexibility index (Phi) is 4.17. The van der Waals surface area contributed by atoms with E-state index in [4.69, 9.17) is 11.6 Å². The number of rotatable bonds is 2. The number of benzene rings is 1. The van der Waals surface area contributed by atoms with E-state index in [0.717, 1.165) is 25.6 Å². The van der Waals surface area contributed by atoms with E-state index < -0.39 is 0 Å². The van der Waals surface area contributed by atoms with E-state index in [1.807, 2.05) is 18.2 Å². The lowest BCUT2D eigenvalue weighted by Gasteiger charge is -2.06. The molecule has 0 N–H and O–H groups in total. The van der Waals surface area contributed by atoms with Crippen LogP contribution in [0.2, 0.25) is 5.15 Å². The third-order valence-corrected chi connectivity index (χ3v) is 4.01. The lowest BCUT2D eigenvalue weighted by atomic mass is 10.1. The van der Waals surface area contributed by atoms with Gasteiger partial charge >= 0.3 is 0 Å². The van der Waals surface area contributed by atoms with Crippen LogP contribution in [-0.2, 0) is 0 Å². The number of pyridine rings is 1. The average Bonchev–Trinajstić information content (AvgIpc) is 2.33. The fourth-order valence-corrected chi connectivity index (χ4v) is 2.50. The molecule has 0 bridgehead atoms. The van der Waals surface area contributed by atoms with E-state index in [1.54, 1.807) is 12.1 Å². The van der Waals surface area contributed by atoms with Gasteiger partial charge < -0.3 is 0 Å². The van der Waals surface area contributed by atoms with Gasteiger partial charge in [-0.05, 0) is 46.9 Å². The van der Waals surface area contributed by atoms with E-state index in [0.29, 0.717) is 10.7 Å². The maximum Gasteiger partial charge on any atom is 0.151 e. The zero-order valence-corrected chi connectivity index (χ0v) is 13.0. The highest BCUT2D eigenvalue weighted by Crippen LogP contribution is 2.27. The summed E-state index contributed by atoms with van der Waals surface area (Å²) < 4.78 is 1.76. The predicted molar refractivity (Wildman–Crippen MR) is 80.5 cm³/mol. The highest BCUT2D eigenvalue weighted by atomic mass is 127. The van der Waals surface area contributed by atoms with Crippen LogP contribution in [0.3, 0.4) is 0 Å². The molecule has 2 nitrogen and oxygen atoms in total. The lowest BCUT2D eigenvalue weighted by Crippen LogP contribution is -1.91. The van der Waals surface area contributed by atoms with Gasteiger partial charge in [-0.1, -0.05) is 33.6 Å². The van der Waals surface area contributed by atoms with Crippen LogP contribution >= 0.6 is 50.1 Å². The van der Waals surface area contributed by atoms with Crippen molar-refractivity contribution in [2.75, 3.05) is 0 Å². The SMILES string of the molecule is O=Cc1cc(-c2nc(Cl)ccc2I)ccc1Br. The molecule has 86 valence electrons. The molecule has 0 radical (unpaired) electrons. The largest absolute Gasteiger partial charge is 0.298 e. The summed E-state index contributed by atoms with van der Waals surface area (Å²) >= 11 is 11.4. The molecule has 0 unspecified atom stereocenters. The Bertz CT molecular complexity index is 589. The minimum atomic E-state index is 0.441. The van der Waals surface area contributed by atoms with Crippen LogP contribution in [0.25, 0.3) is 11.3 Å². The number of carbonyl (C=O) groups is 1. The van der Waals surface area contributed by atoms with Gasteiger partial charge in [0.2, 0.25) is 0 Å². The first kappa shape index (κ1) is 13.0. The van der Waals surface area contributed by atoms with Crippen LogP contribution < -0.4 is 0 Å². The van der Waals surface area contributed by atoms with Gasteiger partial charge in [0.1, 0.15) is 5.15 Å². The lowest BCUT2D eigenvalue weighted by molar-refractivity contribution is 0.112. The van der Waals surface area contributed by atoms with Crippen LogP contribution in [0.5, 0.6) is 0 Å². The fourth-order valence-electron chi connectivity index (χ4n) is 1.40. The van der Waals surface area contributed by atoms with Crippen LogP contribution in [0.4, 0.5) is 0 Å². The molecule has 0 aliphatic heterocycles. The summed E-state index contributed by atoms with van der Waals surface area (Å²) in [5.74, 6) is 0. The molecule has 0 amide bonds. The Labute approximate surface area is 126 Å². The van der Waals surface area contributed by atoms with Gasteiger partial charge in [-0.2, -0.15) is 0 Å². The standard InChI is InChI=1S/C12H6BrClINO/c13-9-2-1-7(5-8(9)6-17)12-10(15)3-4-11(14)16-12/h1-6H. The summed E-state index contributed by atoms with van der Waals surface area (Å²) in [5, 5.41) is 0.441. The summed E-state index contributed by atoms with van der Waals surface area (Å²) in [7, 11) is 0. The molecule has 1 aromatic heterocycles. The van der Waals surface area contributed by atoms with Crippen molar-refractivity contribution >= 4 is 56.4 Å². The van der Waals surface area contributed by atoms with Crippen LogP contribution in [0, 0.1) is 3.57 Å². The van der Waals surface area contributed by atoms with Crippen molar-refractivity contribution in [2.24, 2.45) is 0 Å². The van der Waals surface area contributed by atoms with Crippen molar-refractivity contribution in [2.45, 2.75) is 0 Å². The Hall–Kier alpha value is -0.460. The van der Waals surface area contributed by atoms with E-state index in [-0.39, 0.29) is 0 Å². The molecule has 2 rings (SSSR count). The van der Waals surface area contributed by atoms with E-state index in [2.05, 4.69) is 43.5 Å². The molecule has 0 atom stereocenters.